The first kappa shape index (κ1) is 16.6. The van der Waals surface area contributed by atoms with E-state index in [1.54, 1.807) is 7.11 Å². The minimum atomic E-state index is 0.472. The number of anilines is 1. The Morgan fingerprint density at radius 1 is 1.41 bits per heavy atom. The van der Waals surface area contributed by atoms with Crippen LogP contribution < -0.4 is 15.8 Å². The standard InChI is InChI=1S/C17H28N4O/c1-3-21-11-8-14(9-12-21)7-10-19-17(18)20-15-5-4-6-16(13-15)22-2/h4-6,13-14H,3,7-12H2,1-2H3,(H3,18,19,20). The summed E-state index contributed by atoms with van der Waals surface area (Å²) in [5.74, 6) is 2.07. The number of methoxy groups -OCH3 is 1. The van der Waals surface area contributed by atoms with E-state index in [1.165, 1.54) is 32.5 Å². The maximum Gasteiger partial charge on any atom is 0.193 e. The molecule has 2 rings (SSSR count). The Labute approximate surface area is 133 Å². The van der Waals surface area contributed by atoms with Gasteiger partial charge in [-0.1, -0.05) is 13.0 Å². The van der Waals surface area contributed by atoms with E-state index in [1.807, 2.05) is 24.3 Å². The number of ether oxygens (including phenoxy) is 1. The molecule has 1 aliphatic rings. The lowest BCUT2D eigenvalue weighted by Crippen LogP contribution is -2.33. The summed E-state index contributed by atoms with van der Waals surface area (Å²) in [5.41, 5.74) is 6.85. The molecule has 3 N–H and O–H groups in total. The zero-order valence-corrected chi connectivity index (χ0v) is 13.7. The summed E-state index contributed by atoms with van der Waals surface area (Å²) in [7, 11) is 1.65. The molecule has 0 aromatic heterocycles. The molecule has 0 unspecified atom stereocenters. The number of piperidine rings is 1. The van der Waals surface area contributed by atoms with Gasteiger partial charge in [-0.05, 0) is 56.9 Å². The quantitative estimate of drug-likeness (QED) is 0.626. The lowest BCUT2D eigenvalue weighted by Gasteiger charge is -2.30. The third kappa shape index (κ3) is 5.22. The van der Waals surface area contributed by atoms with E-state index in [9.17, 15) is 0 Å². The van der Waals surface area contributed by atoms with Crippen LogP contribution in [-0.2, 0) is 0 Å². The van der Waals surface area contributed by atoms with Crippen molar-refractivity contribution >= 4 is 11.6 Å². The highest BCUT2D eigenvalue weighted by atomic mass is 16.5. The number of rotatable bonds is 6. The van der Waals surface area contributed by atoms with Crippen LogP contribution >= 0.6 is 0 Å². The maximum absolute atomic E-state index is 5.95. The summed E-state index contributed by atoms with van der Waals surface area (Å²) in [6, 6.07) is 7.69. The molecule has 1 aliphatic heterocycles. The monoisotopic (exact) mass is 304 g/mol. The average molecular weight is 304 g/mol. The van der Waals surface area contributed by atoms with E-state index in [2.05, 4.69) is 22.1 Å². The predicted molar refractivity (Wildman–Crippen MR) is 92.6 cm³/mol. The average Bonchev–Trinajstić information content (AvgIpc) is 2.55. The smallest absolute Gasteiger partial charge is 0.193 e. The first-order valence-electron chi connectivity index (χ1n) is 8.14. The normalized spacial score (nSPS) is 17.5. The van der Waals surface area contributed by atoms with Crippen molar-refractivity contribution in [3.63, 3.8) is 0 Å². The van der Waals surface area contributed by atoms with Crippen LogP contribution in [0.5, 0.6) is 5.75 Å². The fourth-order valence-corrected chi connectivity index (χ4v) is 2.85. The van der Waals surface area contributed by atoms with Gasteiger partial charge in [-0.15, -0.1) is 0 Å². The fraction of sp³-hybridized carbons (Fsp3) is 0.588. The van der Waals surface area contributed by atoms with Gasteiger partial charge in [0.1, 0.15) is 5.75 Å². The second-order valence-corrected chi connectivity index (χ2v) is 5.79. The maximum atomic E-state index is 5.95. The third-order valence-corrected chi connectivity index (χ3v) is 4.32. The van der Waals surface area contributed by atoms with Crippen molar-refractivity contribution in [3.8, 4) is 5.75 Å². The molecule has 22 heavy (non-hydrogen) atoms. The summed E-state index contributed by atoms with van der Waals surface area (Å²) >= 11 is 0. The fourth-order valence-electron chi connectivity index (χ4n) is 2.85. The van der Waals surface area contributed by atoms with E-state index in [0.717, 1.165) is 30.3 Å². The molecule has 1 saturated heterocycles. The number of benzene rings is 1. The first-order valence-corrected chi connectivity index (χ1v) is 8.14. The number of aliphatic imine (C=N–C) groups is 1. The lowest BCUT2D eigenvalue weighted by molar-refractivity contribution is 0.188. The minimum Gasteiger partial charge on any atom is -0.497 e. The molecule has 1 aromatic rings. The van der Waals surface area contributed by atoms with Crippen molar-refractivity contribution < 1.29 is 4.74 Å². The number of hydrogen-bond acceptors (Lipinski definition) is 3. The van der Waals surface area contributed by atoms with Crippen molar-refractivity contribution in [3.05, 3.63) is 24.3 Å². The molecule has 0 spiro atoms. The number of nitrogens with two attached hydrogens (primary N) is 1. The zero-order valence-electron chi connectivity index (χ0n) is 13.7. The molecule has 5 nitrogen and oxygen atoms in total. The Hall–Kier alpha value is -1.75. The first-order chi connectivity index (χ1) is 10.7. The van der Waals surface area contributed by atoms with Gasteiger partial charge in [0.25, 0.3) is 0 Å². The zero-order chi connectivity index (χ0) is 15.8. The highest BCUT2D eigenvalue weighted by Gasteiger charge is 2.17. The molecule has 0 saturated carbocycles. The van der Waals surface area contributed by atoms with Gasteiger partial charge in [0.15, 0.2) is 5.96 Å². The summed E-state index contributed by atoms with van der Waals surface area (Å²) in [4.78, 5) is 6.95. The molecule has 5 heteroatoms. The summed E-state index contributed by atoms with van der Waals surface area (Å²) in [6.45, 7) is 6.64. The molecule has 0 aliphatic carbocycles. The SMILES string of the molecule is CCN1CCC(CCN=C(N)Nc2cccc(OC)c2)CC1. The van der Waals surface area contributed by atoms with Crippen LogP contribution in [0.2, 0.25) is 0 Å². The Morgan fingerprint density at radius 3 is 2.86 bits per heavy atom. The highest BCUT2D eigenvalue weighted by Crippen LogP contribution is 2.20. The highest BCUT2D eigenvalue weighted by molar-refractivity contribution is 5.92. The summed E-state index contributed by atoms with van der Waals surface area (Å²) in [5, 5.41) is 3.11. The van der Waals surface area contributed by atoms with Crippen molar-refractivity contribution in [2.24, 2.45) is 16.6 Å². The van der Waals surface area contributed by atoms with E-state index in [4.69, 9.17) is 10.5 Å². The summed E-state index contributed by atoms with van der Waals surface area (Å²) < 4.78 is 5.19. The third-order valence-electron chi connectivity index (χ3n) is 4.32. The molecular formula is C17H28N4O. The molecule has 1 heterocycles. The van der Waals surface area contributed by atoms with Crippen LogP contribution in [0.1, 0.15) is 26.2 Å². The molecule has 0 atom stereocenters. The Kier molecular flexibility index (Phi) is 6.52. The van der Waals surface area contributed by atoms with Gasteiger partial charge in [-0.3, -0.25) is 4.99 Å². The van der Waals surface area contributed by atoms with Crippen LogP contribution in [-0.4, -0.2) is 44.1 Å². The van der Waals surface area contributed by atoms with Crippen LogP contribution in [0.4, 0.5) is 5.69 Å². The van der Waals surface area contributed by atoms with Crippen molar-refractivity contribution in [2.75, 3.05) is 38.6 Å². The van der Waals surface area contributed by atoms with Gasteiger partial charge in [-0.25, -0.2) is 0 Å². The number of guanidine groups is 1. The second-order valence-electron chi connectivity index (χ2n) is 5.79. The number of hydrogen-bond donors (Lipinski definition) is 2. The van der Waals surface area contributed by atoms with Crippen LogP contribution in [0.3, 0.4) is 0 Å². The summed E-state index contributed by atoms with van der Waals surface area (Å²) in [6.07, 6.45) is 3.69. The molecule has 1 aromatic carbocycles. The molecule has 0 radical (unpaired) electrons. The van der Waals surface area contributed by atoms with E-state index in [-0.39, 0.29) is 0 Å². The van der Waals surface area contributed by atoms with Gasteiger partial charge in [0.05, 0.1) is 7.11 Å². The Morgan fingerprint density at radius 2 is 2.18 bits per heavy atom. The molecule has 122 valence electrons. The number of nitrogens with one attached hydrogen (secondary N) is 1. The van der Waals surface area contributed by atoms with Gasteiger partial charge in [-0.2, -0.15) is 0 Å². The van der Waals surface area contributed by atoms with E-state index in [0.29, 0.717) is 5.96 Å². The van der Waals surface area contributed by atoms with Crippen LogP contribution in [0, 0.1) is 5.92 Å². The van der Waals surface area contributed by atoms with Gasteiger partial charge >= 0.3 is 0 Å². The van der Waals surface area contributed by atoms with Crippen LogP contribution in [0.15, 0.2) is 29.3 Å². The Balaban J connectivity index is 1.73. The molecule has 0 bridgehead atoms. The van der Waals surface area contributed by atoms with Gasteiger partial charge in [0.2, 0.25) is 0 Å². The molecular weight excluding hydrogens is 276 g/mol. The molecule has 0 amide bonds. The van der Waals surface area contributed by atoms with E-state index >= 15 is 0 Å². The predicted octanol–water partition coefficient (Wildman–Crippen LogP) is 2.54. The van der Waals surface area contributed by atoms with Crippen molar-refractivity contribution in [1.29, 1.82) is 0 Å². The number of likely N-dealkylation sites (tertiary alicyclic amines) is 1. The molecule has 1 fully saturated rings. The largest absolute Gasteiger partial charge is 0.497 e. The number of nitrogens with zero attached hydrogens (tertiary/aromatic N) is 2. The van der Waals surface area contributed by atoms with Gasteiger partial charge in [0, 0.05) is 18.3 Å². The van der Waals surface area contributed by atoms with Gasteiger partial charge < -0.3 is 20.7 Å². The Bertz CT molecular complexity index is 481. The topological polar surface area (TPSA) is 62.9 Å². The minimum absolute atomic E-state index is 0.472. The van der Waals surface area contributed by atoms with Crippen LogP contribution in [0.25, 0.3) is 0 Å². The van der Waals surface area contributed by atoms with Crippen molar-refractivity contribution in [2.45, 2.75) is 26.2 Å². The second kappa shape index (κ2) is 8.63. The lowest BCUT2D eigenvalue weighted by atomic mass is 9.94. The van der Waals surface area contributed by atoms with Crippen molar-refractivity contribution in [1.82, 2.24) is 4.90 Å². The van der Waals surface area contributed by atoms with E-state index < -0.39 is 0 Å².